The molecule has 3 atom stereocenters. The van der Waals surface area contributed by atoms with Gasteiger partial charge in [-0.3, -0.25) is 9.59 Å². The minimum absolute atomic E-state index is 0.00724. The van der Waals surface area contributed by atoms with Crippen LogP contribution in [0.3, 0.4) is 0 Å². The Morgan fingerprint density at radius 1 is 0.971 bits per heavy atom. The summed E-state index contributed by atoms with van der Waals surface area (Å²) in [5, 5.41) is 15.0. The molecule has 0 aliphatic heterocycles. The van der Waals surface area contributed by atoms with Crippen LogP contribution in [-0.2, 0) is 14.3 Å². The van der Waals surface area contributed by atoms with E-state index in [4.69, 9.17) is 4.74 Å². The van der Waals surface area contributed by atoms with Crippen molar-refractivity contribution in [2.75, 3.05) is 6.61 Å². The highest BCUT2D eigenvalue weighted by Crippen LogP contribution is 2.44. The lowest BCUT2D eigenvalue weighted by atomic mass is 9.83. The molecule has 4 rings (SSSR count). The molecular formula is C28H34N2O5. The zero-order valence-corrected chi connectivity index (χ0v) is 20.3. The highest BCUT2D eigenvalue weighted by Gasteiger charge is 2.35. The lowest BCUT2D eigenvalue weighted by Crippen LogP contribution is -2.51. The molecule has 7 heteroatoms. The van der Waals surface area contributed by atoms with Crippen LogP contribution in [0.15, 0.2) is 48.5 Å². The van der Waals surface area contributed by atoms with E-state index < -0.39 is 24.0 Å². The van der Waals surface area contributed by atoms with E-state index in [-0.39, 0.29) is 36.8 Å². The third-order valence-electron chi connectivity index (χ3n) is 7.28. The summed E-state index contributed by atoms with van der Waals surface area (Å²) in [7, 11) is 0. The van der Waals surface area contributed by atoms with E-state index in [2.05, 4.69) is 34.9 Å². The molecule has 2 aromatic rings. The van der Waals surface area contributed by atoms with Gasteiger partial charge in [0.1, 0.15) is 6.61 Å². The van der Waals surface area contributed by atoms with Crippen molar-refractivity contribution in [2.45, 2.75) is 64.0 Å². The highest BCUT2D eigenvalue weighted by molar-refractivity contribution is 5.82. The number of carboxylic acid groups (broad SMARTS) is 1. The molecule has 0 spiro atoms. The van der Waals surface area contributed by atoms with Crippen molar-refractivity contribution in [3.63, 3.8) is 0 Å². The van der Waals surface area contributed by atoms with Crippen LogP contribution in [0.25, 0.3) is 11.1 Å². The first-order valence-corrected chi connectivity index (χ1v) is 12.5. The maximum atomic E-state index is 13.0. The molecule has 2 unspecified atom stereocenters. The fourth-order valence-electron chi connectivity index (χ4n) is 5.34. The van der Waals surface area contributed by atoms with Gasteiger partial charge in [-0.15, -0.1) is 0 Å². The Bertz CT molecular complexity index is 1040. The molecule has 2 aliphatic rings. The summed E-state index contributed by atoms with van der Waals surface area (Å²) in [6.45, 7) is 4.00. The number of ether oxygens (including phenoxy) is 1. The zero-order chi connectivity index (χ0) is 24.9. The molecule has 35 heavy (non-hydrogen) atoms. The molecule has 186 valence electrons. The zero-order valence-electron chi connectivity index (χ0n) is 20.3. The van der Waals surface area contributed by atoms with Crippen LogP contribution in [0.4, 0.5) is 4.79 Å². The number of carbonyl (C=O) groups excluding carboxylic acids is 2. The van der Waals surface area contributed by atoms with E-state index >= 15 is 0 Å². The van der Waals surface area contributed by atoms with Gasteiger partial charge < -0.3 is 20.5 Å². The van der Waals surface area contributed by atoms with E-state index in [1.807, 2.05) is 38.1 Å². The van der Waals surface area contributed by atoms with E-state index in [0.717, 1.165) is 24.0 Å². The number of fused-ring (bicyclic) bond motifs is 3. The van der Waals surface area contributed by atoms with Gasteiger partial charge in [0, 0.05) is 18.0 Å². The van der Waals surface area contributed by atoms with Crippen LogP contribution in [0.5, 0.6) is 0 Å². The molecule has 0 aromatic heterocycles. The Morgan fingerprint density at radius 2 is 1.57 bits per heavy atom. The van der Waals surface area contributed by atoms with Gasteiger partial charge in [-0.1, -0.05) is 75.2 Å². The maximum Gasteiger partial charge on any atom is 0.407 e. The van der Waals surface area contributed by atoms with Crippen molar-refractivity contribution in [1.29, 1.82) is 0 Å². The number of hydrogen-bond acceptors (Lipinski definition) is 4. The molecule has 2 aromatic carbocycles. The lowest BCUT2D eigenvalue weighted by Gasteiger charge is -2.33. The number of benzene rings is 2. The van der Waals surface area contributed by atoms with Crippen LogP contribution in [0.1, 0.15) is 63.0 Å². The second kappa shape index (κ2) is 10.9. The smallest absolute Gasteiger partial charge is 0.407 e. The lowest BCUT2D eigenvalue weighted by molar-refractivity contribution is -0.138. The average Bonchev–Trinajstić information content (AvgIpc) is 3.16. The number of rotatable bonds is 8. The van der Waals surface area contributed by atoms with Gasteiger partial charge in [-0.05, 0) is 41.0 Å². The summed E-state index contributed by atoms with van der Waals surface area (Å²) in [6.07, 6.45) is 2.50. The maximum absolute atomic E-state index is 13.0. The summed E-state index contributed by atoms with van der Waals surface area (Å²) in [5.41, 5.74) is 4.63. The quantitative estimate of drug-likeness (QED) is 0.510. The number of hydrogen-bond donors (Lipinski definition) is 3. The minimum Gasteiger partial charge on any atom is -0.481 e. The molecule has 0 radical (unpaired) electrons. The van der Waals surface area contributed by atoms with Gasteiger partial charge >= 0.3 is 12.1 Å². The Kier molecular flexibility index (Phi) is 7.73. The molecule has 2 amide bonds. The standard InChI is InChI=1S/C28H34N2O5/c1-17(2)25(15-26(31)32)29-27(33)22-13-7-8-14-24(22)30-28(34)35-16-23-20-11-5-3-9-18(20)19-10-4-6-12-21(19)23/h3-6,9-12,17,22-25H,7-8,13-16H2,1-2H3,(H,29,33)(H,30,34)(H,31,32)/t22?,24?,25-/m0/s1. The summed E-state index contributed by atoms with van der Waals surface area (Å²) < 4.78 is 5.68. The SMILES string of the molecule is CC(C)[C@H](CC(=O)O)NC(=O)C1CCCCC1NC(=O)OCC1c2ccccc2-c2ccccc21. The molecule has 7 nitrogen and oxygen atoms in total. The summed E-state index contributed by atoms with van der Waals surface area (Å²) in [5.74, 6) is -1.58. The van der Waals surface area contributed by atoms with Crippen LogP contribution >= 0.6 is 0 Å². The van der Waals surface area contributed by atoms with Crippen molar-refractivity contribution < 1.29 is 24.2 Å². The number of carboxylic acids is 1. The Hall–Kier alpha value is -3.35. The molecule has 3 N–H and O–H groups in total. The average molecular weight is 479 g/mol. The van der Waals surface area contributed by atoms with Crippen molar-refractivity contribution in [2.24, 2.45) is 11.8 Å². The molecule has 0 bridgehead atoms. The summed E-state index contributed by atoms with van der Waals surface area (Å²) in [6, 6.07) is 15.6. The number of amides is 2. The van der Waals surface area contributed by atoms with Crippen molar-refractivity contribution >= 4 is 18.0 Å². The van der Waals surface area contributed by atoms with E-state index in [1.54, 1.807) is 0 Å². The van der Waals surface area contributed by atoms with Crippen molar-refractivity contribution in [3.8, 4) is 11.1 Å². The number of nitrogens with one attached hydrogen (secondary N) is 2. The van der Waals surface area contributed by atoms with Crippen LogP contribution in [0.2, 0.25) is 0 Å². The fraction of sp³-hybridized carbons (Fsp3) is 0.464. The fourth-order valence-corrected chi connectivity index (χ4v) is 5.34. The van der Waals surface area contributed by atoms with Gasteiger partial charge in [0.15, 0.2) is 0 Å². The largest absolute Gasteiger partial charge is 0.481 e. The topological polar surface area (TPSA) is 105 Å². The van der Waals surface area contributed by atoms with E-state index in [0.29, 0.717) is 12.8 Å². The normalized spacial score (nSPS) is 20.0. The Balaban J connectivity index is 1.38. The Morgan fingerprint density at radius 3 is 2.17 bits per heavy atom. The number of carbonyl (C=O) groups is 3. The third-order valence-corrected chi connectivity index (χ3v) is 7.28. The number of aliphatic carboxylic acids is 1. The van der Waals surface area contributed by atoms with Crippen LogP contribution < -0.4 is 10.6 Å². The van der Waals surface area contributed by atoms with Crippen molar-refractivity contribution in [3.05, 3.63) is 59.7 Å². The molecule has 0 heterocycles. The first-order valence-electron chi connectivity index (χ1n) is 12.5. The molecule has 2 aliphatic carbocycles. The van der Waals surface area contributed by atoms with Gasteiger partial charge in [0.05, 0.1) is 12.3 Å². The van der Waals surface area contributed by atoms with E-state index in [9.17, 15) is 19.5 Å². The van der Waals surface area contributed by atoms with Gasteiger partial charge in [0.25, 0.3) is 0 Å². The monoisotopic (exact) mass is 478 g/mol. The predicted molar refractivity (Wildman–Crippen MR) is 133 cm³/mol. The highest BCUT2D eigenvalue weighted by atomic mass is 16.5. The second-order valence-electron chi connectivity index (χ2n) is 9.92. The van der Waals surface area contributed by atoms with Crippen LogP contribution in [-0.4, -0.2) is 41.8 Å². The van der Waals surface area contributed by atoms with E-state index in [1.165, 1.54) is 11.1 Å². The van der Waals surface area contributed by atoms with Gasteiger partial charge in [-0.25, -0.2) is 4.79 Å². The first kappa shape index (κ1) is 24.8. The molecule has 0 saturated heterocycles. The van der Waals surface area contributed by atoms with Crippen LogP contribution in [0, 0.1) is 11.8 Å². The molecule has 1 saturated carbocycles. The Labute approximate surface area is 206 Å². The van der Waals surface area contributed by atoms with Gasteiger partial charge in [0.2, 0.25) is 5.91 Å². The minimum atomic E-state index is -0.944. The molecule has 1 fully saturated rings. The van der Waals surface area contributed by atoms with Crippen molar-refractivity contribution in [1.82, 2.24) is 10.6 Å². The second-order valence-corrected chi connectivity index (χ2v) is 9.92. The van der Waals surface area contributed by atoms with Gasteiger partial charge in [-0.2, -0.15) is 0 Å². The predicted octanol–water partition coefficient (Wildman–Crippen LogP) is 4.70. The third kappa shape index (κ3) is 5.66. The molecular weight excluding hydrogens is 444 g/mol. The first-order chi connectivity index (χ1) is 16.8. The number of alkyl carbamates (subject to hydrolysis) is 1. The summed E-state index contributed by atoms with van der Waals surface area (Å²) >= 11 is 0. The summed E-state index contributed by atoms with van der Waals surface area (Å²) in [4.78, 5) is 37.0.